The van der Waals surface area contributed by atoms with Crippen LogP contribution < -0.4 is 10.6 Å². The van der Waals surface area contributed by atoms with Crippen molar-refractivity contribution in [3.05, 3.63) is 60.2 Å². The molecule has 0 spiro atoms. The Morgan fingerprint density at radius 1 is 1.12 bits per heavy atom. The van der Waals surface area contributed by atoms with E-state index in [-0.39, 0.29) is 17.5 Å². The van der Waals surface area contributed by atoms with Gasteiger partial charge in [-0.25, -0.2) is 4.98 Å². The lowest BCUT2D eigenvalue weighted by Gasteiger charge is -2.22. The molecule has 2 amide bonds. The zero-order valence-electron chi connectivity index (χ0n) is 15.5. The molecule has 1 heterocycles. The van der Waals surface area contributed by atoms with E-state index >= 15 is 0 Å². The fourth-order valence-electron chi connectivity index (χ4n) is 2.82. The van der Waals surface area contributed by atoms with Gasteiger partial charge >= 0.3 is 0 Å². The van der Waals surface area contributed by atoms with E-state index in [1.165, 1.54) is 18.6 Å². The fourth-order valence-corrected chi connectivity index (χ4v) is 2.82. The molecule has 1 aromatic carbocycles. The molecule has 2 aromatic rings. The van der Waals surface area contributed by atoms with Gasteiger partial charge in [0.2, 0.25) is 5.91 Å². The molecular formula is C19H25BN4O2. The number of carbonyl (C=O) groups excluding carboxylic acids is 2. The van der Waals surface area contributed by atoms with E-state index in [4.69, 9.17) is 0 Å². The molecule has 2 N–H and O–H groups in total. The van der Waals surface area contributed by atoms with E-state index in [0.29, 0.717) is 12.3 Å². The standard InChI is InChI=1S/C19H25BN4O2/c1-13(2)10-17(20)24-18(25)15(11-14-6-4-3-5-7-14)23-19(26)16-12-21-8-9-22-16/h3-9,12-13,15,17H,10-11,20H2,1-2H3,(H,23,26)(H,24,25)/t15-,17-/m0/s1. The first kappa shape index (κ1) is 19.6. The molecule has 7 heteroatoms. The van der Waals surface area contributed by atoms with Gasteiger partial charge in [0.15, 0.2) is 0 Å². The van der Waals surface area contributed by atoms with Crippen molar-refractivity contribution in [1.29, 1.82) is 0 Å². The maximum absolute atomic E-state index is 12.7. The van der Waals surface area contributed by atoms with Crippen LogP contribution in [0, 0.1) is 5.92 Å². The van der Waals surface area contributed by atoms with Crippen LogP contribution in [0.2, 0.25) is 0 Å². The van der Waals surface area contributed by atoms with Crippen LogP contribution in [0.4, 0.5) is 0 Å². The summed E-state index contributed by atoms with van der Waals surface area (Å²) in [6.07, 6.45) is 5.62. The molecule has 136 valence electrons. The molecule has 0 aliphatic heterocycles. The highest BCUT2D eigenvalue weighted by Gasteiger charge is 2.23. The summed E-state index contributed by atoms with van der Waals surface area (Å²) in [5.74, 6) is -0.0915. The Bertz CT molecular complexity index is 710. The number of nitrogens with one attached hydrogen (secondary N) is 2. The van der Waals surface area contributed by atoms with Crippen LogP contribution in [0.5, 0.6) is 0 Å². The highest BCUT2D eigenvalue weighted by Crippen LogP contribution is 2.07. The Morgan fingerprint density at radius 3 is 2.46 bits per heavy atom. The number of aromatic nitrogens is 2. The third-order valence-corrected chi connectivity index (χ3v) is 3.91. The van der Waals surface area contributed by atoms with Crippen molar-refractivity contribution in [2.45, 2.75) is 38.7 Å². The maximum Gasteiger partial charge on any atom is 0.272 e. The smallest absolute Gasteiger partial charge is 0.272 e. The van der Waals surface area contributed by atoms with Crippen LogP contribution in [0.15, 0.2) is 48.9 Å². The zero-order valence-corrected chi connectivity index (χ0v) is 15.5. The van der Waals surface area contributed by atoms with Crippen molar-refractivity contribution in [3.8, 4) is 0 Å². The normalized spacial score (nSPS) is 13.0. The average Bonchev–Trinajstić information content (AvgIpc) is 2.62. The summed E-state index contributed by atoms with van der Waals surface area (Å²) in [6.45, 7) is 4.22. The maximum atomic E-state index is 12.7. The fraction of sp³-hybridized carbons (Fsp3) is 0.368. The van der Waals surface area contributed by atoms with Gasteiger partial charge in [-0.15, -0.1) is 0 Å². The van der Waals surface area contributed by atoms with Gasteiger partial charge in [0, 0.05) is 18.8 Å². The van der Waals surface area contributed by atoms with Crippen LogP contribution in [-0.4, -0.2) is 41.6 Å². The summed E-state index contributed by atoms with van der Waals surface area (Å²) in [5.41, 5.74) is 1.16. The molecule has 0 radical (unpaired) electrons. The van der Waals surface area contributed by atoms with Crippen LogP contribution in [0.25, 0.3) is 0 Å². The van der Waals surface area contributed by atoms with Crippen molar-refractivity contribution in [2.24, 2.45) is 5.92 Å². The van der Waals surface area contributed by atoms with Crippen molar-refractivity contribution in [2.75, 3.05) is 0 Å². The number of hydrogen-bond donors (Lipinski definition) is 2. The first-order valence-corrected chi connectivity index (χ1v) is 8.87. The molecule has 0 aliphatic rings. The van der Waals surface area contributed by atoms with E-state index in [1.54, 1.807) is 0 Å². The van der Waals surface area contributed by atoms with Gasteiger partial charge in [0.1, 0.15) is 19.6 Å². The quantitative estimate of drug-likeness (QED) is 0.693. The first-order valence-electron chi connectivity index (χ1n) is 8.87. The Labute approximate surface area is 155 Å². The third-order valence-electron chi connectivity index (χ3n) is 3.91. The van der Waals surface area contributed by atoms with E-state index in [1.807, 2.05) is 38.2 Å². The summed E-state index contributed by atoms with van der Waals surface area (Å²) < 4.78 is 0. The molecule has 0 saturated heterocycles. The predicted molar refractivity (Wildman–Crippen MR) is 103 cm³/mol. The minimum absolute atomic E-state index is 0.0363. The van der Waals surface area contributed by atoms with E-state index in [0.717, 1.165) is 12.0 Å². The Morgan fingerprint density at radius 2 is 1.85 bits per heavy atom. The van der Waals surface area contributed by atoms with Gasteiger partial charge in [0.05, 0.1) is 6.20 Å². The van der Waals surface area contributed by atoms with Crippen molar-refractivity contribution in [1.82, 2.24) is 20.6 Å². The second kappa shape index (κ2) is 9.70. The topological polar surface area (TPSA) is 84.0 Å². The molecule has 0 aliphatic carbocycles. The highest BCUT2D eigenvalue weighted by molar-refractivity contribution is 6.13. The summed E-state index contributed by atoms with van der Waals surface area (Å²) in [6, 6.07) is 8.94. The second-order valence-electron chi connectivity index (χ2n) is 6.85. The molecule has 0 fully saturated rings. The Hall–Kier alpha value is -2.70. The zero-order chi connectivity index (χ0) is 18.9. The predicted octanol–water partition coefficient (Wildman–Crippen LogP) is 0.939. The average molecular weight is 352 g/mol. The lowest BCUT2D eigenvalue weighted by Crippen LogP contribution is -2.51. The number of benzene rings is 1. The second-order valence-corrected chi connectivity index (χ2v) is 6.85. The minimum atomic E-state index is -0.679. The molecule has 0 unspecified atom stereocenters. The number of amides is 2. The number of rotatable bonds is 8. The van der Waals surface area contributed by atoms with Gasteiger partial charge in [-0.2, -0.15) is 0 Å². The van der Waals surface area contributed by atoms with Gasteiger partial charge in [-0.3, -0.25) is 14.6 Å². The SMILES string of the molecule is B[C@H](CC(C)C)NC(=O)[C@H](Cc1ccccc1)NC(=O)c1cnccn1. The largest absolute Gasteiger partial charge is 0.360 e. The molecule has 26 heavy (non-hydrogen) atoms. The lowest BCUT2D eigenvalue weighted by molar-refractivity contribution is -0.123. The highest BCUT2D eigenvalue weighted by atomic mass is 16.2. The number of carbonyl (C=O) groups is 2. The van der Waals surface area contributed by atoms with Crippen molar-refractivity contribution in [3.63, 3.8) is 0 Å². The van der Waals surface area contributed by atoms with Crippen LogP contribution in [-0.2, 0) is 11.2 Å². The third kappa shape index (κ3) is 6.31. The minimum Gasteiger partial charge on any atom is -0.360 e. The molecule has 0 bridgehead atoms. The van der Waals surface area contributed by atoms with Crippen LogP contribution >= 0.6 is 0 Å². The number of hydrogen-bond acceptors (Lipinski definition) is 4. The summed E-state index contributed by atoms with van der Waals surface area (Å²) in [7, 11) is 1.97. The van der Waals surface area contributed by atoms with Crippen LogP contribution in [0.1, 0.15) is 36.3 Å². The van der Waals surface area contributed by atoms with E-state index in [9.17, 15) is 9.59 Å². The first-order chi connectivity index (χ1) is 12.5. The lowest BCUT2D eigenvalue weighted by atomic mass is 9.87. The van der Waals surface area contributed by atoms with Gasteiger partial charge in [-0.05, 0) is 23.8 Å². The van der Waals surface area contributed by atoms with E-state index < -0.39 is 11.9 Å². The molecule has 2 atom stereocenters. The van der Waals surface area contributed by atoms with Crippen LogP contribution in [0.3, 0.4) is 0 Å². The molecule has 6 nitrogen and oxygen atoms in total. The summed E-state index contributed by atoms with van der Waals surface area (Å²) >= 11 is 0. The van der Waals surface area contributed by atoms with Gasteiger partial charge < -0.3 is 10.6 Å². The van der Waals surface area contributed by atoms with Crippen molar-refractivity contribution >= 4 is 19.7 Å². The Balaban J connectivity index is 2.10. The van der Waals surface area contributed by atoms with Gasteiger partial charge in [0.25, 0.3) is 5.91 Å². The summed E-state index contributed by atoms with van der Waals surface area (Å²) in [5, 5.41) is 5.79. The molecule has 1 aromatic heterocycles. The number of nitrogens with zero attached hydrogens (tertiary/aromatic N) is 2. The monoisotopic (exact) mass is 352 g/mol. The van der Waals surface area contributed by atoms with Gasteiger partial charge in [-0.1, -0.05) is 44.2 Å². The molecule has 2 rings (SSSR count). The molecular weight excluding hydrogens is 327 g/mol. The van der Waals surface area contributed by atoms with E-state index in [2.05, 4.69) is 34.4 Å². The molecule has 0 saturated carbocycles. The summed E-state index contributed by atoms with van der Waals surface area (Å²) in [4.78, 5) is 33.1. The van der Waals surface area contributed by atoms with Crippen molar-refractivity contribution < 1.29 is 9.59 Å². The Kier molecular flexibility index (Phi) is 7.32.